The minimum absolute atomic E-state index is 0.489. The Morgan fingerprint density at radius 1 is 1.36 bits per heavy atom. The Morgan fingerprint density at radius 3 is 2.55 bits per heavy atom. The first-order valence-electron chi connectivity index (χ1n) is 3.26. The first kappa shape index (κ1) is 8.08. The first-order chi connectivity index (χ1) is 5.29. The molecule has 1 aromatic carbocycles. The van der Waals surface area contributed by atoms with Gasteiger partial charge in [-0.1, -0.05) is 30.3 Å². The van der Waals surface area contributed by atoms with Gasteiger partial charge in [0.1, 0.15) is 0 Å². The Hall–Kier alpha value is -1.02. The van der Waals surface area contributed by atoms with Crippen LogP contribution in [0.2, 0.25) is 0 Å². The molecular weight excluding hydrogens is 162 g/mol. The van der Waals surface area contributed by atoms with E-state index < -0.39 is 5.37 Å². The second-order valence-electron chi connectivity index (χ2n) is 2.11. The van der Waals surface area contributed by atoms with Crippen molar-refractivity contribution in [1.82, 2.24) is 5.32 Å². The van der Waals surface area contributed by atoms with Crippen LogP contribution >= 0.6 is 11.6 Å². The molecule has 1 aromatic rings. The van der Waals surface area contributed by atoms with Gasteiger partial charge in [-0.2, -0.15) is 0 Å². The zero-order chi connectivity index (χ0) is 8.10. The first-order valence-corrected chi connectivity index (χ1v) is 3.64. The summed E-state index contributed by atoms with van der Waals surface area (Å²) in [4.78, 5) is 10.3. The summed E-state index contributed by atoms with van der Waals surface area (Å²) in [5, 5.41) is 1.97. The van der Waals surface area contributed by atoms with Gasteiger partial charge in [0.15, 0.2) is 0 Å². The second kappa shape index (κ2) is 3.98. The number of halogens is 1. The van der Waals surface area contributed by atoms with Crippen LogP contribution in [0.3, 0.4) is 0 Å². The summed E-state index contributed by atoms with van der Waals surface area (Å²) in [6.07, 6.45) is 0. The van der Waals surface area contributed by atoms with Gasteiger partial charge in [0.25, 0.3) is 0 Å². The molecular formula is C8H8ClNO. The Kier molecular flexibility index (Phi) is 2.93. The number of rotatable bonds is 2. The van der Waals surface area contributed by atoms with E-state index in [-0.39, 0.29) is 0 Å². The zero-order valence-corrected chi connectivity index (χ0v) is 6.64. The van der Waals surface area contributed by atoms with Crippen LogP contribution in [-0.2, 0) is 6.54 Å². The lowest BCUT2D eigenvalue weighted by Crippen LogP contribution is -2.15. The molecule has 0 fully saturated rings. The highest BCUT2D eigenvalue weighted by atomic mass is 35.5. The highest BCUT2D eigenvalue weighted by molar-refractivity contribution is 6.62. The quantitative estimate of drug-likeness (QED) is 0.534. The third-order valence-corrected chi connectivity index (χ3v) is 1.41. The van der Waals surface area contributed by atoms with Gasteiger partial charge in [-0.25, -0.2) is 0 Å². The molecule has 1 N–H and O–H groups in total. The summed E-state index contributed by atoms with van der Waals surface area (Å²) in [6, 6.07) is 9.59. The molecule has 0 saturated heterocycles. The van der Waals surface area contributed by atoms with Crippen LogP contribution in [0.4, 0.5) is 4.79 Å². The molecule has 0 radical (unpaired) electrons. The van der Waals surface area contributed by atoms with E-state index in [9.17, 15) is 4.79 Å². The lowest BCUT2D eigenvalue weighted by atomic mass is 10.2. The lowest BCUT2D eigenvalue weighted by molar-refractivity contribution is 0.259. The van der Waals surface area contributed by atoms with Crippen molar-refractivity contribution in [2.75, 3.05) is 0 Å². The molecule has 0 aliphatic heterocycles. The Balaban J connectivity index is 2.45. The van der Waals surface area contributed by atoms with Crippen molar-refractivity contribution in [2.24, 2.45) is 0 Å². The number of carbonyl (C=O) groups excluding carboxylic acids is 1. The van der Waals surface area contributed by atoms with Crippen molar-refractivity contribution in [3.63, 3.8) is 0 Å². The fraction of sp³-hybridized carbons (Fsp3) is 0.125. The van der Waals surface area contributed by atoms with Gasteiger partial charge in [0.2, 0.25) is 0 Å². The third-order valence-electron chi connectivity index (χ3n) is 1.27. The van der Waals surface area contributed by atoms with E-state index in [0.29, 0.717) is 6.54 Å². The van der Waals surface area contributed by atoms with Gasteiger partial charge < -0.3 is 5.32 Å². The molecule has 0 aromatic heterocycles. The van der Waals surface area contributed by atoms with Crippen LogP contribution in [0.1, 0.15) is 5.56 Å². The van der Waals surface area contributed by atoms with Crippen LogP contribution in [0.5, 0.6) is 0 Å². The molecule has 0 spiro atoms. The Bertz CT molecular complexity index is 235. The molecule has 0 aliphatic carbocycles. The molecule has 2 nitrogen and oxygen atoms in total. The summed E-state index contributed by atoms with van der Waals surface area (Å²) in [7, 11) is 0. The molecule has 11 heavy (non-hydrogen) atoms. The van der Waals surface area contributed by atoms with E-state index in [4.69, 9.17) is 11.6 Å². The number of carbonyl (C=O) groups is 1. The fourth-order valence-corrected chi connectivity index (χ4v) is 0.834. The molecule has 58 valence electrons. The largest absolute Gasteiger partial charge is 0.339 e. The molecule has 0 aliphatic rings. The van der Waals surface area contributed by atoms with E-state index >= 15 is 0 Å². The fourth-order valence-electron chi connectivity index (χ4n) is 0.767. The molecule has 0 heterocycles. The summed E-state index contributed by atoms with van der Waals surface area (Å²) >= 11 is 5.08. The molecule has 0 unspecified atom stereocenters. The van der Waals surface area contributed by atoms with Gasteiger partial charge in [-0.3, -0.25) is 4.79 Å². The SMILES string of the molecule is O=C(Cl)NCc1ccccc1. The topological polar surface area (TPSA) is 29.1 Å². The average Bonchev–Trinajstić information content (AvgIpc) is 2.03. The predicted molar refractivity (Wildman–Crippen MR) is 44.5 cm³/mol. The van der Waals surface area contributed by atoms with Gasteiger partial charge in [0.05, 0.1) is 0 Å². The zero-order valence-electron chi connectivity index (χ0n) is 5.88. The van der Waals surface area contributed by atoms with E-state index in [0.717, 1.165) is 5.56 Å². The standard InChI is InChI=1S/C8H8ClNO/c9-8(11)10-6-7-4-2-1-3-5-7/h1-5H,6H2,(H,10,11). The number of amides is 1. The lowest BCUT2D eigenvalue weighted by Gasteiger charge is -1.98. The van der Waals surface area contributed by atoms with Gasteiger partial charge in [0, 0.05) is 6.54 Å². The minimum atomic E-state index is -0.520. The summed E-state index contributed by atoms with van der Waals surface area (Å²) in [5.41, 5.74) is 1.04. The van der Waals surface area contributed by atoms with Crippen molar-refractivity contribution in [3.8, 4) is 0 Å². The molecule has 1 rings (SSSR count). The van der Waals surface area contributed by atoms with E-state index in [1.807, 2.05) is 30.3 Å². The maximum absolute atomic E-state index is 10.3. The van der Waals surface area contributed by atoms with Gasteiger partial charge in [-0.05, 0) is 17.2 Å². The Labute approximate surface area is 70.2 Å². The third kappa shape index (κ3) is 3.05. The van der Waals surface area contributed by atoms with Crippen molar-refractivity contribution < 1.29 is 4.79 Å². The van der Waals surface area contributed by atoms with E-state index in [1.54, 1.807) is 0 Å². The van der Waals surface area contributed by atoms with Crippen LogP contribution in [0, 0.1) is 0 Å². The monoisotopic (exact) mass is 169 g/mol. The van der Waals surface area contributed by atoms with Crippen LogP contribution in [0.15, 0.2) is 30.3 Å². The summed E-state index contributed by atoms with van der Waals surface area (Å²) < 4.78 is 0. The molecule has 0 saturated carbocycles. The van der Waals surface area contributed by atoms with Crippen LogP contribution in [0.25, 0.3) is 0 Å². The second-order valence-corrected chi connectivity index (χ2v) is 2.46. The molecule has 0 bridgehead atoms. The smallest absolute Gasteiger partial charge is 0.314 e. The number of hydrogen-bond donors (Lipinski definition) is 1. The normalized spacial score (nSPS) is 9.18. The Morgan fingerprint density at radius 2 is 2.00 bits per heavy atom. The minimum Gasteiger partial charge on any atom is -0.339 e. The number of benzene rings is 1. The number of hydrogen-bond acceptors (Lipinski definition) is 1. The number of nitrogens with one attached hydrogen (secondary N) is 1. The van der Waals surface area contributed by atoms with Crippen LogP contribution in [-0.4, -0.2) is 5.37 Å². The van der Waals surface area contributed by atoms with Crippen molar-refractivity contribution >= 4 is 17.0 Å². The van der Waals surface area contributed by atoms with Crippen LogP contribution < -0.4 is 5.32 Å². The van der Waals surface area contributed by atoms with E-state index in [2.05, 4.69) is 5.32 Å². The average molecular weight is 170 g/mol. The maximum atomic E-state index is 10.3. The molecule has 1 amide bonds. The summed E-state index contributed by atoms with van der Waals surface area (Å²) in [6.45, 7) is 0.489. The van der Waals surface area contributed by atoms with Crippen molar-refractivity contribution in [1.29, 1.82) is 0 Å². The molecule has 0 atom stereocenters. The molecule has 3 heteroatoms. The van der Waals surface area contributed by atoms with Gasteiger partial charge >= 0.3 is 5.37 Å². The van der Waals surface area contributed by atoms with Crippen molar-refractivity contribution in [3.05, 3.63) is 35.9 Å². The van der Waals surface area contributed by atoms with Crippen molar-refractivity contribution in [2.45, 2.75) is 6.54 Å². The highest BCUT2D eigenvalue weighted by Crippen LogP contribution is 1.97. The maximum Gasteiger partial charge on any atom is 0.314 e. The predicted octanol–water partition coefficient (Wildman–Crippen LogP) is 2.13. The highest BCUT2D eigenvalue weighted by Gasteiger charge is 1.93. The van der Waals surface area contributed by atoms with Gasteiger partial charge in [-0.15, -0.1) is 0 Å². The van der Waals surface area contributed by atoms with E-state index in [1.165, 1.54) is 0 Å². The summed E-state index contributed by atoms with van der Waals surface area (Å²) in [5.74, 6) is 0.